The lowest BCUT2D eigenvalue weighted by Crippen LogP contribution is -2.58. The average molecular weight is 515 g/mol. The summed E-state index contributed by atoms with van der Waals surface area (Å²) in [5, 5.41) is 9.30. The molecule has 0 spiro atoms. The van der Waals surface area contributed by atoms with Crippen LogP contribution in [-0.2, 0) is 19.4 Å². The van der Waals surface area contributed by atoms with Gasteiger partial charge in [0.2, 0.25) is 5.88 Å². The number of rotatable bonds is 10. The van der Waals surface area contributed by atoms with Crippen LogP contribution in [0.15, 0.2) is 41.6 Å². The van der Waals surface area contributed by atoms with Gasteiger partial charge in [-0.05, 0) is 25.0 Å². The second kappa shape index (κ2) is 10.9. The van der Waals surface area contributed by atoms with E-state index in [9.17, 15) is 27.2 Å². The number of piperidine rings is 1. The minimum Gasteiger partial charge on any atom is -0.470 e. The summed E-state index contributed by atoms with van der Waals surface area (Å²) in [6, 6.07) is 5.74. The Hall–Kier alpha value is -2.74. The summed E-state index contributed by atoms with van der Waals surface area (Å²) >= 11 is 0. The first-order valence-corrected chi connectivity index (χ1v) is 12.3. The quantitative estimate of drug-likeness (QED) is 0.361. The number of hydroxylamine groups is 1. The molecule has 2 heterocycles. The van der Waals surface area contributed by atoms with Crippen LogP contribution < -0.4 is 10.2 Å². The molecule has 1 aromatic carbocycles. The number of ether oxygens (including phenoxy) is 2. The number of nitrogens with zero attached hydrogens (tertiary/aromatic N) is 3. The third kappa shape index (κ3) is 6.10. The number of methoxy groups -OCH3 is 1. The van der Waals surface area contributed by atoms with Crippen molar-refractivity contribution in [2.24, 2.45) is 0 Å². The fourth-order valence-electron chi connectivity index (χ4n) is 3.85. The van der Waals surface area contributed by atoms with Crippen LogP contribution >= 0.6 is 0 Å². The Kier molecular flexibility index (Phi) is 8.36. The first kappa shape index (κ1) is 26.9. The number of carbonyl (C=O) groups is 1. The van der Waals surface area contributed by atoms with Gasteiger partial charge in [-0.3, -0.25) is 10.0 Å². The molecule has 1 saturated heterocycles. The van der Waals surface area contributed by atoms with Crippen molar-refractivity contribution < 1.29 is 36.7 Å². The highest BCUT2D eigenvalue weighted by molar-refractivity contribution is 7.93. The summed E-state index contributed by atoms with van der Waals surface area (Å²) in [6.45, 7) is 1.68. The molecule has 2 N–H and O–H groups in total. The summed E-state index contributed by atoms with van der Waals surface area (Å²) in [5.74, 6) is -4.04. The molecule has 1 aliphatic heterocycles. The van der Waals surface area contributed by atoms with Gasteiger partial charge in [0.25, 0.3) is 11.8 Å². The average Bonchev–Trinajstić information content (AvgIpc) is 2.86. The fourth-order valence-corrected chi connectivity index (χ4v) is 5.80. The summed E-state index contributed by atoms with van der Waals surface area (Å²) in [6.07, 6.45) is 2.54. The van der Waals surface area contributed by atoms with Crippen molar-refractivity contribution in [2.75, 3.05) is 40.0 Å². The number of amides is 1. The minimum absolute atomic E-state index is 0.0108. The molecule has 0 atom stereocenters. The Morgan fingerprint density at radius 2 is 1.86 bits per heavy atom. The standard InChI is InChI=1S/C22H28F2N4O6S/c1-21(23,24)15-34-19-14-25-18(13-26-19)16-3-5-17(6-4-16)35(31,32)22(20(29)27-30)7-9-28(10-8-22)11-12-33-2/h3-6,13-14,30H,7-12,15H2,1-2H3,(H,27,29). The number of halogens is 2. The number of carbonyl (C=O) groups excluding carboxylic acids is 1. The van der Waals surface area contributed by atoms with E-state index in [1.165, 1.54) is 42.1 Å². The van der Waals surface area contributed by atoms with Crippen LogP contribution in [0.3, 0.4) is 0 Å². The van der Waals surface area contributed by atoms with Crippen molar-refractivity contribution in [3.05, 3.63) is 36.7 Å². The van der Waals surface area contributed by atoms with Crippen molar-refractivity contribution >= 4 is 15.7 Å². The van der Waals surface area contributed by atoms with Gasteiger partial charge in [-0.1, -0.05) is 12.1 Å². The molecule has 0 unspecified atom stereocenters. The van der Waals surface area contributed by atoms with Gasteiger partial charge < -0.3 is 14.4 Å². The second-order valence-electron chi connectivity index (χ2n) is 8.40. The van der Waals surface area contributed by atoms with Crippen LogP contribution in [-0.4, -0.2) is 85.0 Å². The van der Waals surface area contributed by atoms with E-state index in [0.29, 0.717) is 37.5 Å². The summed E-state index contributed by atoms with van der Waals surface area (Å²) < 4.78 is 61.1. The van der Waals surface area contributed by atoms with Crippen molar-refractivity contribution in [2.45, 2.75) is 35.3 Å². The molecule has 0 saturated carbocycles. The number of alkyl halides is 2. The van der Waals surface area contributed by atoms with Crippen LogP contribution in [0.4, 0.5) is 8.78 Å². The number of sulfone groups is 1. The highest BCUT2D eigenvalue weighted by Gasteiger charge is 2.52. The Bertz CT molecular complexity index is 1100. The molecule has 192 valence electrons. The molecule has 1 amide bonds. The van der Waals surface area contributed by atoms with Crippen LogP contribution in [0.5, 0.6) is 5.88 Å². The molecule has 0 aliphatic carbocycles. The number of hydrogen-bond acceptors (Lipinski definition) is 9. The zero-order valence-electron chi connectivity index (χ0n) is 19.4. The van der Waals surface area contributed by atoms with E-state index >= 15 is 0 Å². The van der Waals surface area contributed by atoms with Crippen LogP contribution in [0.2, 0.25) is 0 Å². The second-order valence-corrected chi connectivity index (χ2v) is 10.7. The van der Waals surface area contributed by atoms with Crippen molar-refractivity contribution in [3.8, 4) is 17.1 Å². The van der Waals surface area contributed by atoms with Crippen molar-refractivity contribution in [1.82, 2.24) is 20.3 Å². The molecule has 1 fully saturated rings. The van der Waals surface area contributed by atoms with Gasteiger partial charge in [-0.2, -0.15) is 0 Å². The SMILES string of the molecule is COCCN1CCC(C(=O)NO)(S(=O)(=O)c2ccc(-c3cnc(OCC(C)(F)F)cn3)cc2)CC1. The van der Waals surface area contributed by atoms with Gasteiger partial charge in [0.05, 0.1) is 29.6 Å². The molecular formula is C22H28F2N4O6S. The van der Waals surface area contributed by atoms with E-state index in [1.807, 2.05) is 4.90 Å². The molecule has 0 radical (unpaired) electrons. The van der Waals surface area contributed by atoms with E-state index in [0.717, 1.165) is 6.92 Å². The van der Waals surface area contributed by atoms with E-state index < -0.39 is 33.0 Å². The van der Waals surface area contributed by atoms with Crippen molar-refractivity contribution in [1.29, 1.82) is 0 Å². The lowest BCUT2D eigenvalue weighted by atomic mass is 9.95. The van der Waals surface area contributed by atoms with E-state index in [2.05, 4.69) is 9.97 Å². The number of aromatic nitrogens is 2. The number of benzene rings is 1. The molecule has 0 bridgehead atoms. The lowest BCUT2D eigenvalue weighted by Gasteiger charge is -2.39. The largest absolute Gasteiger partial charge is 0.470 e. The maximum atomic E-state index is 13.6. The predicted molar refractivity (Wildman–Crippen MR) is 121 cm³/mol. The maximum absolute atomic E-state index is 13.6. The van der Waals surface area contributed by atoms with Crippen LogP contribution in [0.25, 0.3) is 11.3 Å². The summed E-state index contributed by atoms with van der Waals surface area (Å²) in [7, 11) is -2.59. The Labute approximate surface area is 202 Å². The molecule has 1 aromatic heterocycles. The van der Waals surface area contributed by atoms with E-state index in [1.54, 1.807) is 7.11 Å². The van der Waals surface area contributed by atoms with Crippen molar-refractivity contribution in [3.63, 3.8) is 0 Å². The molecule has 1 aliphatic rings. The maximum Gasteiger partial charge on any atom is 0.278 e. The zero-order valence-corrected chi connectivity index (χ0v) is 20.2. The molecule has 13 heteroatoms. The van der Waals surface area contributed by atoms with Gasteiger partial charge >= 0.3 is 0 Å². The third-order valence-corrected chi connectivity index (χ3v) is 8.38. The van der Waals surface area contributed by atoms with Gasteiger partial charge in [0.1, 0.15) is 0 Å². The monoisotopic (exact) mass is 514 g/mol. The fraction of sp³-hybridized carbons (Fsp3) is 0.500. The van der Waals surface area contributed by atoms with Gasteiger partial charge in [0, 0.05) is 39.2 Å². The van der Waals surface area contributed by atoms with Crippen LogP contribution in [0.1, 0.15) is 19.8 Å². The Balaban J connectivity index is 1.79. The van der Waals surface area contributed by atoms with Gasteiger partial charge in [0.15, 0.2) is 21.2 Å². The molecule has 35 heavy (non-hydrogen) atoms. The molecule has 10 nitrogen and oxygen atoms in total. The van der Waals surface area contributed by atoms with Crippen LogP contribution in [0, 0.1) is 0 Å². The minimum atomic E-state index is -4.16. The first-order valence-electron chi connectivity index (χ1n) is 10.9. The van der Waals surface area contributed by atoms with E-state index in [4.69, 9.17) is 9.47 Å². The molecule has 2 aromatic rings. The highest BCUT2D eigenvalue weighted by Crippen LogP contribution is 2.36. The predicted octanol–water partition coefficient (Wildman–Crippen LogP) is 1.94. The zero-order chi connectivity index (χ0) is 25.7. The molecular weight excluding hydrogens is 486 g/mol. The highest BCUT2D eigenvalue weighted by atomic mass is 32.2. The Morgan fingerprint density at radius 1 is 1.20 bits per heavy atom. The third-order valence-electron chi connectivity index (χ3n) is 5.87. The summed E-state index contributed by atoms with van der Waals surface area (Å²) in [4.78, 5) is 22.6. The Morgan fingerprint density at radius 3 is 2.37 bits per heavy atom. The number of likely N-dealkylation sites (tertiary alicyclic amines) is 1. The van der Waals surface area contributed by atoms with Gasteiger partial charge in [-0.25, -0.2) is 32.6 Å². The molecule has 3 rings (SSSR count). The smallest absolute Gasteiger partial charge is 0.278 e. The number of hydrogen-bond donors (Lipinski definition) is 2. The topological polar surface area (TPSA) is 131 Å². The number of nitrogens with one attached hydrogen (secondary N) is 1. The lowest BCUT2D eigenvalue weighted by molar-refractivity contribution is -0.133. The summed E-state index contributed by atoms with van der Waals surface area (Å²) in [5.41, 5.74) is 2.43. The van der Waals surface area contributed by atoms with Gasteiger partial charge in [-0.15, -0.1) is 0 Å². The first-order chi connectivity index (χ1) is 16.5. The van der Waals surface area contributed by atoms with E-state index in [-0.39, 0.29) is 23.6 Å². The normalized spacial score (nSPS) is 16.6.